The Morgan fingerprint density at radius 2 is 2.44 bits per heavy atom. The van der Waals surface area contributed by atoms with Gasteiger partial charge in [-0.05, 0) is 19.8 Å². The van der Waals surface area contributed by atoms with Crippen molar-refractivity contribution in [1.82, 2.24) is 0 Å². The second kappa shape index (κ2) is 2.27. The Morgan fingerprint density at radius 3 is 2.67 bits per heavy atom. The molecular weight excluding hydrogens is 114 g/mol. The fraction of sp³-hybridized carbons (Fsp3) is 1.00. The summed E-state index contributed by atoms with van der Waals surface area (Å²) in [6, 6.07) is 0.252. The van der Waals surface area contributed by atoms with Gasteiger partial charge in [0, 0.05) is 12.6 Å². The molecule has 2 atom stereocenters. The molecule has 0 aromatic rings. The zero-order chi connectivity index (χ0) is 6.91. The maximum Gasteiger partial charge on any atom is 0.0802 e. The molecule has 1 rings (SSSR count). The van der Waals surface area contributed by atoms with Crippen molar-refractivity contribution in [2.45, 2.75) is 38.3 Å². The molecule has 0 bridgehead atoms. The monoisotopic (exact) mass is 129 g/mol. The van der Waals surface area contributed by atoms with Crippen LogP contribution in [-0.2, 0) is 4.74 Å². The first-order chi connectivity index (χ1) is 4.19. The molecule has 0 aromatic carbocycles. The summed E-state index contributed by atoms with van der Waals surface area (Å²) in [5.74, 6) is 0. The van der Waals surface area contributed by atoms with Crippen LogP contribution in [0.4, 0.5) is 0 Å². The molecule has 0 aromatic heterocycles. The third kappa shape index (κ3) is 1.10. The molecule has 2 heteroatoms. The van der Waals surface area contributed by atoms with Crippen LogP contribution in [0, 0.1) is 0 Å². The highest BCUT2D eigenvalue weighted by molar-refractivity contribution is 4.90. The summed E-state index contributed by atoms with van der Waals surface area (Å²) in [6.45, 7) is 5.04. The number of rotatable bonds is 1. The molecule has 0 amide bonds. The van der Waals surface area contributed by atoms with Crippen molar-refractivity contribution in [3.8, 4) is 0 Å². The van der Waals surface area contributed by atoms with Crippen molar-refractivity contribution in [2.75, 3.05) is 6.61 Å². The van der Waals surface area contributed by atoms with Crippen molar-refractivity contribution in [3.63, 3.8) is 0 Å². The van der Waals surface area contributed by atoms with Gasteiger partial charge in [0.15, 0.2) is 0 Å². The number of ether oxygens (including phenoxy) is 1. The fourth-order valence-corrected chi connectivity index (χ4v) is 1.20. The lowest BCUT2D eigenvalue weighted by atomic mass is 9.95. The van der Waals surface area contributed by atoms with E-state index in [9.17, 15) is 0 Å². The number of hydrogen-bond donors (Lipinski definition) is 1. The van der Waals surface area contributed by atoms with Crippen LogP contribution in [0.2, 0.25) is 0 Å². The van der Waals surface area contributed by atoms with Gasteiger partial charge in [0.1, 0.15) is 0 Å². The summed E-state index contributed by atoms with van der Waals surface area (Å²) in [4.78, 5) is 0. The highest BCUT2D eigenvalue weighted by Gasteiger charge is 2.35. The van der Waals surface area contributed by atoms with Gasteiger partial charge >= 0.3 is 0 Å². The minimum absolute atomic E-state index is 0.0278. The van der Waals surface area contributed by atoms with Gasteiger partial charge in [-0.3, -0.25) is 0 Å². The van der Waals surface area contributed by atoms with Crippen molar-refractivity contribution in [3.05, 3.63) is 0 Å². The Labute approximate surface area is 56.4 Å². The van der Waals surface area contributed by atoms with Crippen molar-refractivity contribution >= 4 is 0 Å². The van der Waals surface area contributed by atoms with E-state index in [0.29, 0.717) is 0 Å². The molecule has 1 heterocycles. The highest BCUT2D eigenvalue weighted by atomic mass is 16.5. The topological polar surface area (TPSA) is 35.2 Å². The van der Waals surface area contributed by atoms with E-state index >= 15 is 0 Å². The summed E-state index contributed by atoms with van der Waals surface area (Å²) < 4.78 is 5.48. The van der Waals surface area contributed by atoms with Gasteiger partial charge in [-0.25, -0.2) is 0 Å². The normalized spacial score (nSPS) is 43.7. The molecule has 0 saturated carbocycles. The maximum atomic E-state index is 5.80. The minimum Gasteiger partial charge on any atom is -0.374 e. The van der Waals surface area contributed by atoms with Crippen LogP contribution in [0.5, 0.6) is 0 Å². The van der Waals surface area contributed by atoms with Crippen LogP contribution < -0.4 is 5.73 Å². The Bertz CT molecular complexity index is 105. The standard InChI is InChI=1S/C7H15NO/c1-3-7(2)6(8)4-5-9-7/h6H,3-5,8H2,1-2H3. The average Bonchev–Trinajstić information content (AvgIpc) is 2.15. The van der Waals surface area contributed by atoms with Gasteiger partial charge in [0.25, 0.3) is 0 Å². The zero-order valence-corrected chi connectivity index (χ0v) is 6.18. The summed E-state index contributed by atoms with van der Waals surface area (Å²) in [5.41, 5.74) is 5.77. The molecule has 0 spiro atoms. The van der Waals surface area contributed by atoms with Crippen LogP contribution in [0.25, 0.3) is 0 Å². The van der Waals surface area contributed by atoms with Gasteiger partial charge in [-0.1, -0.05) is 6.92 Å². The predicted molar refractivity (Wildman–Crippen MR) is 37.2 cm³/mol. The Hall–Kier alpha value is -0.0800. The summed E-state index contributed by atoms with van der Waals surface area (Å²) >= 11 is 0. The maximum absolute atomic E-state index is 5.80. The molecule has 2 N–H and O–H groups in total. The van der Waals surface area contributed by atoms with Crippen molar-refractivity contribution < 1.29 is 4.74 Å². The minimum atomic E-state index is -0.0278. The third-order valence-corrected chi connectivity index (χ3v) is 2.35. The van der Waals surface area contributed by atoms with Gasteiger partial charge in [0.05, 0.1) is 5.60 Å². The number of nitrogens with two attached hydrogens (primary N) is 1. The quantitative estimate of drug-likeness (QED) is 0.571. The molecule has 2 unspecified atom stereocenters. The molecule has 1 aliphatic rings. The SMILES string of the molecule is CCC1(C)OCCC1N. The lowest BCUT2D eigenvalue weighted by molar-refractivity contribution is 0.00888. The van der Waals surface area contributed by atoms with E-state index in [1.54, 1.807) is 0 Å². The zero-order valence-electron chi connectivity index (χ0n) is 6.18. The van der Waals surface area contributed by atoms with Crippen LogP contribution in [0.1, 0.15) is 26.7 Å². The first kappa shape index (κ1) is 7.03. The summed E-state index contributed by atoms with van der Waals surface area (Å²) in [7, 11) is 0. The summed E-state index contributed by atoms with van der Waals surface area (Å²) in [5, 5.41) is 0. The molecule has 9 heavy (non-hydrogen) atoms. The van der Waals surface area contributed by atoms with Gasteiger partial charge < -0.3 is 10.5 Å². The van der Waals surface area contributed by atoms with E-state index in [2.05, 4.69) is 13.8 Å². The highest BCUT2D eigenvalue weighted by Crippen LogP contribution is 2.26. The van der Waals surface area contributed by atoms with Gasteiger partial charge in [0.2, 0.25) is 0 Å². The first-order valence-corrected chi connectivity index (χ1v) is 3.58. The second-order valence-corrected chi connectivity index (χ2v) is 2.91. The largest absolute Gasteiger partial charge is 0.374 e. The molecule has 1 saturated heterocycles. The lowest BCUT2D eigenvalue weighted by Crippen LogP contribution is -2.41. The molecule has 0 aliphatic carbocycles. The fourth-order valence-electron chi connectivity index (χ4n) is 1.20. The van der Waals surface area contributed by atoms with Crippen LogP contribution in [0.15, 0.2) is 0 Å². The van der Waals surface area contributed by atoms with Crippen LogP contribution in [0.3, 0.4) is 0 Å². The smallest absolute Gasteiger partial charge is 0.0802 e. The molecule has 2 nitrogen and oxygen atoms in total. The number of hydrogen-bond acceptors (Lipinski definition) is 2. The van der Waals surface area contributed by atoms with Crippen molar-refractivity contribution in [1.29, 1.82) is 0 Å². The van der Waals surface area contributed by atoms with Crippen molar-refractivity contribution in [2.24, 2.45) is 5.73 Å². The van der Waals surface area contributed by atoms with Crippen LogP contribution in [-0.4, -0.2) is 18.2 Å². The molecule has 1 fully saturated rings. The van der Waals surface area contributed by atoms with E-state index in [-0.39, 0.29) is 11.6 Å². The summed E-state index contributed by atoms with van der Waals surface area (Å²) in [6.07, 6.45) is 2.04. The Balaban J connectivity index is 2.56. The molecule has 0 radical (unpaired) electrons. The lowest BCUT2D eigenvalue weighted by Gasteiger charge is -2.25. The third-order valence-electron chi connectivity index (χ3n) is 2.35. The van der Waals surface area contributed by atoms with E-state index < -0.39 is 0 Å². The second-order valence-electron chi connectivity index (χ2n) is 2.91. The van der Waals surface area contributed by atoms with E-state index in [1.807, 2.05) is 0 Å². The molecule has 1 aliphatic heterocycles. The predicted octanol–water partition coefficient (Wildman–Crippen LogP) is 0.903. The Kier molecular flexibility index (Phi) is 1.78. The van der Waals surface area contributed by atoms with E-state index in [0.717, 1.165) is 19.4 Å². The average molecular weight is 129 g/mol. The van der Waals surface area contributed by atoms with Gasteiger partial charge in [-0.15, -0.1) is 0 Å². The van der Waals surface area contributed by atoms with Gasteiger partial charge in [-0.2, -0.15) is 0 Å². The Morgan fingerprint density at radius 1 is 1.78 bits per heavy atom. The van der Waals surface area contributed by atoms with E-state index in [4.69, 9.17) is 10.5 Å². The first-order valence-electron chi connectivity index (χ1n) is 3.58. The van der Waals surface area contributed by atoms with E-state index in [1.165, 1.54) is 0 Å². The molecule has 54 valence electrons. The van der Waals surface area contributed by atoms with Crippen LogP contribution >= 0.6 is 0 Å². The molecular formula is C7H15NO.